The molecule has 0 saturated heterocycles. The number of nitrogens with one attached hydrogen (secondary N) is 1. The van der Waals surface area contributed by atoms with Crippen molar-refractivity contribution in [3.05, 3.63) is 65.1 Å². The number of ether oxygens (including phenoxy) is 2. The van der Waals surface area contributed by atoms with Crippen LogP contribution in [0.2, 0.25) is 0 Å². The molecule has 3 heterocycles. The Labute approximate surface area is 166 Å². The summed E-state index contributed by atoms with van der Waals surface area (Å²) >= 11 is 5.14. The first-order valence-corrected chi connectivity index (χ1v) is 9.25. The van der Waals surface area contributed by atoms with Gasteiger partial charge in [-0.1, -0.05) is 30.3 Å². The lowest BCUT2D eigenvalue weighted by molar-refractivity contribution is -0.229. The second-order valence-electron chi connectivity index (χ2n) is 6.84. The third-order valence-corrected chi connectivity index (χ3v) is 5.32. The van der Waals surface area contributed by atoms with E-state index in [1.807, 2.05) is 48.6 Å². The van der Waals surface area contributed by atoms with Crippen LogP contribution in [-0.2, 0) is 9.47 Å². The molecule has 0 saturated carbocycles. The fourth-order valence-corrected chi connectivity index (χ4v) is 3.89. The number of alkyl halides is 3. The van der Waals surface area contributed by atoms with Crippen LogP contribution in [0.25, 0.3) is 5.65 Å². The zero-order valence-electron chi connectivity index (χ0n) is 15.6. The third kappa shape index (κ3) is 3.23. The number of nitrogens with zero attached hydrogens (tertiary/aromatic N) is 2. The summed E-state index contributed by atoms with van der Waals surface area (Å²) in [5.74, 6) is 0. The monoisotopic (exact) mass is 407 g/mol. The van der Waals surface area contributed by atoms with Gasteiger partial charge in [-0.3, -0.25) is 4.74 Å². The largest absolute Gasteiger partial charge is 0.441 e. The number of benzene rings is 1. The molecular weight excluding hydrogens is 388 g/mol. The molecule has 0 radical (unpaired) electrons. The van der Waals surface area contributed by atoms with Crippen molar-refractivity contribution in [3.63, 3.8) is 0 Å². The van der Waals surface area contributed by atoms with Crippen molar-refractivity contribution in [1.82, 2.24) is 9.38 Å². The maximum absolute atomic E-state index is 13.7. The number of anilines is 1. The number of fused-ring (bicyclic) bond motifs is 3. The number of aryl methyl sites for hydroxylation is 2. The highest BCUT2D eigenvalue weighted by molar-refractivity contribution is 6.20. The number of imidazole rings is 1. The van der Waals surface area contributed by atoms with Gasteiger partial charge in [-0.05, 0) is 37.1 Å². The van der Waals surface area contributed by atoms with Gasteiger partial charge in [0.25, 0.3) is 0 Å². The lowest BCUT2D eigenvalue weighted by Crippen LogP contribution is -2.40. The SMILES string of the molecule is COC1C(c2ccccc2)Nc2c(ccn3c(C)c(C)nc23)C1OC(F)(F)Cl. The van der Waals surface area contributed by atoms with E-state index in [-0.39, 0.29) is 0 Å². The number of hydrogen-bond acceptors (Lipinski definition) is 4. The topological polar surface area (TPSA) is 47.8 Å². The van der Waals surface area contributed by atoms with Gasteiger partial charge in [0.05, 0.1) is 17.4 Å². The Morgan fingerprint density at radius 3 is 2.54 bits per heavy atom. The summed E-state index contributed by atoms with van der Waals surface area (Å²) < 4.78 is 39.8. The fraction of sp³-hybridized carbons (Fsp3) is 0.350. The molecule has 3 unspecified atom stereocenters. The van der Waals surface area contributed by atoms with Crippen molar-refractivity contribution in [2.75, 3.05) is 12.4 Å². The first kappa shape index (κ1) is 19.1. The highest BCUT2D eigenvalue weighted by Gasteiger charge is 2.44. The number of pyridine rings is 1. The highest BCUT2D eigenvalue weighted by Crippen LogP contribution is 2.46. The molecule has 28 heavy (non-hydrogen) atoms. The standard InChI is InChI=1S/C20H20ClF2N3O2/c1-11-12(2)26-10-9-14-16(19(26)24-11)25-15(13-7-5-4-6-8-13)18(27-3)17(14)28-20(21,22)23/h4-10,15,17-18,25H,1-3H3. The molecule has 0 bridgehead atoms. The van der Waals surface area contributed by atoms with Gasteiger partial charge in [0.2, 0.25) is 0 Å². The van der Waals surface area contributed by atoms with Gasteiger partial charge in [-0.25, -0.2) is 4.98 Å². The van der Waals surface area contributed by atoms with Crippen molar-refractivity contribution < 1.29 is 18.3 Å². The Morgan fingerprint density at radius 2 is 1.89 bits per heavy atom. The smallest absolute Gasteiger partial charge is 0.376 e. The maximum atomic E-state index is 13.7. The van der Waals surface area contributed by atoms with Gasteiger partial charge in [0, 0.05) is 24.6 Å². The third-order valence-electron chi connectivity index (χ3n) is 5.23. The molecule has 4 rings (SSSR count). The summed E-state index contributed by atoms with van der Waals surface area (Å²) in [4.78, 5) is 4.62. The van der Waals surface area contributed by atoms with Crippen LogP contribution in [0.15, 0.2) is 42.6 Å². The van der Waals surface area contributed by atoms with Crippen molar-refractivity contribution in [1.29, 1.82) is 0 Å². The minimum absolute atomic E-state index is 0.425. The summed E-state index contributed by atoms with van der Waals surface area (Å²) in [6.07, 6.45) is -0.0101. The Balaban J connectivity index is 1.92. The van der Waals surface area contributed by atoms with Crippen LogP contribution in [0.4, 0.5) is 14.5 Å². The second kappa shape index (κ2) is 6.99. The maximum Gasteiger partial charge on any atom is 0.441 e. The molecule has 8 heteroatoms. The molecule has 1 N–H and O–H groups in total. The fourth-order valence-electron chi connectivity index (χ4n) is 3.79. The molecule has 2 aromatic heterocycles. The van der Waals surface area contributed by atoms with Crippen LogP contribution in [0.1, 0.15) is 34.7 Å². The minimum Gasteiger partial charge on any atom is -0.376 e. The van der Waals surface area contributed by atoms with Crippen molar-refractivity contribution in [3.8, 4) is 0 Å². The van der Waals surface area contributed by atoms with E-state index in [1.165, 1.54) is 7.11 Å². The molecule has 0 fully saturated rings. The van der Waals surface area contributed by atoms with Crippen molar-refractivity contribution in [2.24, 2.45) is 0 Å². The van der Waals surface area contributed by atoms with E-state index in [0.717, 1.165) is 17.0 Å². The van der Waals surface area contributed by atoms with Crippen LogP contribution in [-0.4, -0.2) is 28.2 Å². The number of hydrogen-bond donors (Lipinski definition) is 1. The minimum atomic E-state index is -3.83. The molecule has 5 nitrogen and oxygen atoms in total. The van der Waals surface area contributed by atoms with Crippen molar-refractivity contribution >= 4 is 22.9 Å². The number of rotatable bonds is 4. The Morgan fingerprint density at radius 1 is 1.18 bits per heavy atom. The average Bonchev–Trinajstić information content (AvgIpc) is 2.95. The lowest BCUT2D eigenvalue weighted by atomic mass is 9.88. The molecule has 0 aliphatic carbocycles. The van der Waals surface area contributed by atoms with E-state index in [9.17, 15) is 8.78 Å². The number of methoxy groups -OCH3 is 1. The van der Waals surface area contributed by atoms with Crippen LogP contribution in [0, 0.1) is 13.8 Å². The average molecular weight is 408 g/mol. The summed E-state index contributed by atoms with van der Waals surface area (Å²) in [5.41, 5.74) is 0.696. The normalized spacial score (nSPS) is 22.1. The number of halogens is 3. The van der Waals surface area contributed by atoms with Crippen LogP contribution >= 0.6 is 11.6 Å². The molecule has 1 aliphatic rings. The number of aromatic nitrogens is 2. The quantitative estimate of drug-likeness (QED) is 0.620. The summed E-state index contributed by atoms with van der Waals surface area (Å²) in [5, 5.41) is 3.44. The predicted molar refractivity (Wildman–Crippen MR) is 103 cm³/mol. The van der Waals surface area contributed by atoms with Gasteiger partial charge in [0.1, 0.15) is 12.2 Å². The molecule has 3 atom stereocenters. The van der Waals surface area contributed by atoms with E-state index in [0.29, 0.717) is 16.9 Å². The highest BCUT2D eigenvalue weighted by atomic mass is 35.5. The van der Waals surface area contributed by atoms with Gasteiger partial charge in [-0.15, -0.1) is 0 Å². The lowest BCUT2D eigenvalue weighted by Gasteiger charge is -2.40. The Bertz CT molecular complexity index is 1000. The summed E-state index contributed by atoms with van der Waals surface area (Å²) in [6.45, 7) is 3.86. The van der Waals surface area contributed by atoms with Gasteiger partial charge in [-0.2, -0.15) is 8.78 Å². The molecule has 1 aromatic carbocycles. The summed E-state index contributed by atoms with van der Waals surface area (Å²) in [6, 6.07) is 10.8. The molecule has 3 aromatic rings. The second-order valence-corrected chi connectivity index (χ2v) is 7.28. The first-order chi connectivity index (χ1) is 13.3. The molecule has 1 aliphatic heterocycles. The zero-order chi connectivity index (χ0) is 20.1. The van der Waals surface area contributed by atoms with E-state index in [1.54, 1.807) is 12.3 Å². The van der Waals surface area contributed by atoms with E-state index in [2.05, 4.69) is 10.3 Å². The molecule has 148 valence electrons. The molecule has 0 amide bonds. The van der Waals surface area contributed by atoms with Crippen molar-refractivity contribution in [2.45, 2.75) is 37.7 Å². The van der Waals surface area contributed by atoms with Crippen LogP contribution in [0.5, 0.6) is 0 Å². The first-order valence-electron chi connectivity index (χ1n) is 8.87. The van der Waals surface area contributed by atoms with E-state index in [4.69, 9.17) is 21.1 Å². The Kier molecular flexibility index (Phi) is 4.77. The van der Waals surface area contributed by atoms with Gasteiger partial charge >= 0.3 is 5.57 Å². The molecular formula is C20H20ClF2N3O2. The van der Waals surface area contributed by atoms with Crippen LogP contribution < -0.4 is 5.32 Å². The predicted octanol–water partition coefficient (Wildman–Crippen LogP) is 4.98. The van der Waals surface area contributed by atoms with Gasteiger partial charge in [0.15, 0.2) is 5.65 Å². The van der Waals surface area contributed by atoms with Crippen LogP contribution in [0.3, 0.4) is 0 Å². The van der Waals surface area contributed by atoms with E-state index >= 15 is 0 Å². The van der Waals surface area contributed by atoms with E-state index < -0.39 is 23.8 Å². The Hall–Kier alpha value is -2.22. The molecule has 0 spiro atoms. The summed E-state index contributed by atoms with van der Waals surface area (Å²) in [7, 11) is 1.47. The zero-order valence-corrected chi connectivity index (χ0v) is 16.4. The van der Waals surface area contributed by atoms with Gasteiger partial charge < -0.3 is 14.5 Å².